The molecule has 0 aromatic carbocycles. The number of rotatable bonds is 4. The Morgan fingerprint density at radius 1 is 0.933 bits per heavy atom. The molecule has 15 heavy (non-hydrogen) atoms. The van der Waals surface area contributed by atoms with Crippen molar-refractivity contribution in [2.24, 2.45) is 0 Å². The first kappa shape index (κ1) is 14.0. The van der Waals surface area contributed by atoms with Crippen LogP contribution in [0.3, 0.4) is 0 Å². The molecule has 0 heterocycles. The van der Waals surface area contributed by atoms with E-state index in [2.05, 4.69) is 65.8 Å². The lowest BCUT2D eigenvalue weighted by Gasteiger charge is -2.11. The normalized spacial score (nSPS) is 13.5. The van der Waals surface area contributed by atoms with Gasteiger partial charge >= 0.3 is 0 Å². The summed E-state index contributed by atoms with van der Waals surface area (Å²) in [6, 6.07) is 0. The lowest BCUT2D eigenvalue weighted by molar-refractivity contribution is 1.08. The fourth-order valence-electron chi connectivity index (χ4n) is 1.77. The predicted molar refractivity (Wildman–Crippen MR) is 71.0 cm³/mol. The zero-order valence-corrected chi connectivity index (χ0v) is 11.0. The van der Waals surface area contributed by atoms with E-state index in [-0.39, 0.29) is 0 Å². The van der Waals surface area contributed by atoms with Crippen LogP contribution in [-0.2, 0) is 0 Å². The van der Waals surface area contributed by atoms with Gasteiger partial charge in [0.1, 0.15) is 0 Å². The molecule has 0 saturated heterocycles. The lowest BCUT2D eigenvalue weighted by Crippen LogP contribution is -1.92. The third-order valence-corrected chi connectivity index (χ3v) is 2.44. The molecule has 0 aliphatic carbocycles. The molecule has 0 fully saturated rings. The van der Waals surface area contributed by atoms with Crippen LogP contribution < -0.4 is 0 Å². The molecule has 0 N–H and O–H groups in total. The maximum atomic E-state index is 2.22. The highest BCUT2D eigenvalue weighted by Crippen LogP contribution is 2.23. The molecule has 0 rings (SSSR count). The van der Waals surface area contributed by atoms with Crippen LogP contribution in [0.5, 0.6) is 0 Å². The standard InChI is InChI=1S/C15H24/c1-7-10-13(6)14(9-3)15(11-8-2)12(4)5/h7-8,10-11H,9H2,1-6H3/b10-7-,11-8-,14-13+. The van der Waals surface area contributed by atoms with Gasteiger partial charge in [0.15, 0.2) is 0 Å². The largest absolute Gasteiger partial charge is 0.0874 e. The van der Waals surface area contributed by atoms with Crippen LogP contribution >= 0.6 is 0 Å². The van der Waals surface area contributed by atoms with Crippen molar-refractivity contribution < 1.29 is 0 Å². The maximum absolute atomic E-state index is 2.22. The molecule has 0 nitrogen and oxygen atoms in total. The molecule has 0 aliphatic rings. The summed E-state index contributed by atoms with van der Waals surface area (Å²) in [5.74, 6) is 0. The average molecular weight is 204 g/mol. The highest BCUT2D eigenvalue weighted by atomic mass is 14.1. The Labute approximate surface area is 95.1 Å². The summed E-state index contributed by atoms with van der Waals surface area (Å²) in [6.07, 6.45) is 9.69. The summed E-state index contributed by atoms with van der Waals surface area (Å²) >= 11 is 0. The second kappa shape index (κ2) is 7.28. The Kier molecular flexibility index (Phi) is 6.77. The summed E-state index contributed by atoms with van der Waals surface area (Å²) < 4.78 is 0. The quantitative estimate of drug-likeness (QED) is 0.552. The van der Waals surface area contributed by atoms with Crippen molar-refractivity contribution in [2.75, 3.05) is 0 Å². The average Bonchev–Trinajstić information content (AvgIpc) is 2.18. The van der Waals surface area contributed by atoms with Gasteiger partial charge in [-0.25, -0.2) is 0 Å². The van der Waals surface area contributed by atoms with Gasteiger partial charge in [0.05, 0.1) is 0 Å². The van der Waals surface area contributed by atoms with Gasteiger partial charge in [-0.2, -0.15) is 0 Å². The molecule has 84 valence electrons. The third kappa shape index (κ3) is 4.33. The fraction of sp³-hybridized carbons (Fsp3) is 0.467. The Balaban J connectivity index is 5.46. The molecule has 0 radical (unpaired) electrons. The monoisotopic (exact) mass is 204 g/mol. The Morgan fingerprint density at radius 2 is 1.47 bits per heavy atom. The predicted octanol–water partition coefficient (Wildman–Crippen LogP) is 5.20. The van der Waals surface area contributed by atoms with Crippen LogP contribution in [0.1, 0.15) is 48.0 Å². The van der Waals surface area contributed by atoms with E-state index in [9.17, 15) is 0 Å². The SMILES string of the molecule is C/C=C\C(=C(C)C)/C(CC)=C(C)/C=C\C. The van der Waals surface area contributed by atoms with Crippen LogP contribution in [0.4, 0.5) is 0 Å². The molecule has 0 aromatic heterocycles. The number of hydrogen-bond donors (Lipinski definition) is 0. The van der Waals surface area contributed by atoms with Crippen LogP contribution in [0.25, 0.3) is 0 Å². The smallest absolute Gasteiger partial charge is 0.0239 e. The summed E-state index contributed by atoms with van der Waals surface area (Å²) in [4.78, 5) is 0. The van der Waals surface area contributed by atoms with E-state index in [1.54, 1.807) is 0 Å². The van der Waals surface area contributed by atoms with Gasteiger partial charge < -0.3 is 0 Å². The van der Waals surface area contributed by atoms with E-state index >= 15 is 0 Å². The summed E-state index contributed by atoms with van der Waals surface area (Å²) in [5, 5.41) is 0. The van der Waals surface area contributed by atoms with Crippen LogP contribution in [-0.4, -0.2) is 0 Å². The van der Waals surface area contributed by atoms with Crippen molar-refractivity contribution in [1.82, 2.24) is 0 Å². The molecule has 0 aliphatic heterocycles. The Bertz CT molecular complexity index is 305. The minimum Gasteiger partial charge on any atom is -0.0874 e. The molecular formula is C15H24. The van der Waals surface area contributed by atoms with Crippen molar-refractivity contribution in [1.29, 1.82) is 0 Å². The van der Waals surface area contributed by atoms with Gasteiger partial charge in [-0.3, -0.25) is 0 Å². The lowest BCUT2D eigenvalue weighted by atomic mass is 9.94. The molecule has 0 bridgehead atoms. The second-order valence-electron chi connectivity index (χ2n) is 3.93. The molecule has 0 aromatic rings. The van der Waals surface area contributed by atoms with Crippen molar-refractivity contribution in [2.45, 2.75) is 48.0 Å². The first-order chi connectivity index (χ1) is 7.08. The highest BCUT2D eigenvalue weighted by molar-refractivity contribution is 5.47. The summed E-state index contributed by atoms with van der Waals surface area (Å²) in [5.41, 5.74) is 5.59. The van der Waals surface area contributed by atoms with Crippen LogP contribution in [0.15, 0.2) is 46.6 Å². The molecule has 0 amide bonds. The van der Waals surface area contributed by atoms with Gasteiger partial charge in [-0.15, -0.1) is 0 Å². The van der Waals surface area contributed by atoms with Gasteiger partial charge in [-0.1, -0.05) is 36.8 Å². The molecule has 0 atom stereocenters. The van der Waals surface area contributed by atoms with E-state index in [4.69, 9.17) is 0 Å². The van der Waals surface area contributed by atoms with Crippen molar-refractivity contribution in [3.8, 4) is 0 Å². The number of hydrogen-bond acceptors (Lipinski definition) is 0. The van der Waals surface area contributed by atoms with Crippen molar-refractivity contribution in [3.05, 3.63) is 46.6 Å². The van der Waals surface area contributed by atoms with Gasteiger partial charge in [-0.05, 0) is 57.8 Å². The van der Waals surface area contributed by atoms with Gasteiger partial charge in [0.25, 0.3) is 0 Å². The van der Waals surface area contributed by atoms with E-state index in [0.29, 0.717) is 0 Å². The fourth-order valence-corrected chi connectivity index (χ4v) is 1.77. The van der Waals surface area contributed by atoms with Crippen LogP contribution in [0, 0.1) is 0 Å². The topological polar surface area (TPSA) is 0 Å². The molecular weight excluding hydrogens is 180 g/mol. The van der Waals surface area contributed by atoms with Crippen molar-refractivity contribution in [3.63, 3.8) is 0 Å². The Hall–Kier alpha value is -1.04. The summed E-state index contributed by atoms with van der Waals surface area (Å²) in [7, 11) is 0. The number of allylic oxidation sites excluding steroid dienone is 8. The first-order valence-electron chi connectivity index (χ1n) is 5.71. The molecule has 0 unspecified atom stereocenters. The van der Waals surface area contributed by atoms with E-state index in [1.807, 2.05) is 0 Å². The molecule has 0 spiro atoms. The molecule has 0 saturated carbocycles. The van der Waals surface area contributed by atoms with Crippen LogP contribution in [0.2, 0.25) is 0 Å². The second-order valence-corrected chi connectivity index (χ2v) is 3.93. The van der Waals surface area contributed by atoms with E-state index in [1.165, 1.54) is 22.3 Å². The van der Waals surface area contributed by atoms with Crippen molar-refractivity contribution >= 4 is 0 Å². The maximum Gasteiger partial charge on any atom is -0.0239 e. The zero-order valence-electron chi connectivity index (χ0n) is 11.0. The Morgan fingerprint density at radius 3 is 1.80 bits per heavy atom. The first-order valence-corrected chi connectivity index (χ1v) is 5.71. The third-order valence-electron chi connectivity index (χ3n) is 2.44. The van der Waals surface area contributed by atoms with E-state index in [0.717, 1.165) is 6.42 Å². The van der Waals surface area contributed by atoms with E-state index < -0.39 is 0 Å². The van der Waals surface area contributed by atoms with Gasteiger partial charge in [0, 0.05) is 0 Å². The van der Waals surface area contributed by atoms with Gasteiger partial charge in [0.2, 0.25) is 0 Å². The minimum absolute atomic E-state index is 1.08. The molecule has 0 heteroatoms. The summed E-state index contributed by atoms with van der Waals surface area (Å²) in [6.45, 7) is 12.9. The highest BCUT2D eigenvalue weighted by Gasteiger charge is 2.04. The minimum atomic E-state index is 1.08. The zero-order chi connectivity index (χ0) is 11.8.